The van der Waals surface area contributed by atoms with Crippen LogP contribution in [-0.4, -0.2) is 45.9 Å². The Hall–Kier alpha value is -2.32. The van der Waals surface area contributed by atoms with Crippen LogP contribution in [-0.2, 0) is 19.9 Å². The molecule has 0 radical (unpaired) electrons. The van der Waals surface area contributed by atoms with Gasteiger partial charge in [0.25, 0.3) is 5.91 Å². The fraction of sp³-hybridized carbons (Fsp3) is 0.591. The molecule has 0 aromatic heterocycles. The van der Waals surface area contributed by atoms with E-state index in [-0.39, 0.29) is 17.9 Å². The van der Waals surface area contributed by atoms with E-state index in [1.54, 1.807) is 12.2 Å². The summed E-state index contributed by atoms with van der Waals surface area (Å²) in [6.07, 6.45) is 4.72. The molecule has 7 nitrogen and oxygen atoms in total. The number of hydrogen-bond donors (Lipinski definition) is 3. The summed E-state index contributed by atoms with van der Waals surface area (Å²) in [6, 6.07) is 3.21. The van der Waals surface area contributed by atoms with Gasteiger partial charge in [0, 0.05) is 11.6 Å². The molecule has 0 bridgehead atoms. The van der Waals surface area contributed by atoms with Gasteiger partial charge in [-0.25, -0.2) is 4.39 Å². The summed E-state index contributed by atoms with van der Waals surface area (Å²) in [7, 11) is 0. The lowest BCUT2D eigenvalue weighted by molar-refractivity contribution is -0.738. The number of quaternary nitrogens is 1. The van der Waals surface area contributed by atoms with Crippen molar-refractivity contribution in [2.75, 3.05) is 5.32 Å². The number of amides is 3. The predicted molar refractivity (Wildman–Crippen MR) is 104 cm³/mol. The van der Waals surface area contributed by atoms with Crippen molar-refractivity contribution in [2.45, 2.75) is 69.2 Å². The first-order valence-electron chi connectivity index (χ1n) is 10.9. The van der Waals surface area contributed by atoms with Crippen LogP contribution in [0, 0.1) is 17.7 Å². The van der Waals surface area contributed by atoms with Crippen LogP contribution in [0.2, 0.25) is 0 Å². The summed E-state index contributed by atoms with van der Waals surface area (Å²) in [4.78, 5) is 41.8. The largest absolute Gasteiger partial charge is 0.387 e. The molecule has 0 unspecified atom stereocenters. The Bertz CT molecular complexity index is 927. The molecule has 4 N–H and O–H groups in total. The van der Waals surface area contributed by atoms with Crippen molar-refractivity contribution in [3.05, 3.63) is 29.6 Å². The summed E-state index contributed by atoms with van der Waals surface area (Å²) in [6.45, 7) is 1.57. The zero-order chi connectivity index (χ0) is 21.2. The van der Waals surface area contributed by atoms with Crippen LogP contribution in [0.15, 0.2) is 18.2 Å². The molecule has 4 aliphatic rings. The first kappa shape index (κ1) is 19.6. The lowest BCUT2D eigenvalue weighted by atomic mass is 9.76. The minimum Gasteiger partial charge on any atom is -0.387 e. The molecule has 3 heterocycles. The number of rotatable bonds is 2. The van der Waals surface area contributed by atoms with Crippen molar-refractivity contribution in [1.29, 1.82) is 0 Å². The van der Waals surface area contributed by atoms with Gasteiger partial charge in [-0.2, -0.15) is 0 Å². The number of likely N-dealkylation sites (tertiary alicyclic amines) is 1. The highest BCUT2D eigenvalue weighted by atomic mass is 19.1. The van der Waals surface area contributed by atoms with E-state index < -0.39 is 41.2 Å². The first-order chi connectivity index (χ1) is 14.4. The van der Waals surface area contributed by atoms with Gasteiger partial charge in [0.2, 0.25) is 17.4 Å². The van der Waals surface area contributed by atoms with E-state index >= 15 is 0 Å². The summed E-state index contributed by atoms with van der Waals surface area (Å²) >= 11 is 0. The Morgan fingerprint density at radius 3 is 2.53 bits per heavy atom. The number of fused-ring (bicyclic) bond motifs is 4. The van der Waals surface area contributed by atoms with Crippen molar-refractivity contribution in [3.63, 3.8) is 0 Å². The molecule has 5 atom stereocenters. The number of nitrogens with zero attached hydrogens (tertiary/aromatic N) is 1. The number of nitrogens with one attached hydrogen (secondary N) is 1. The number of anilines is 1. The normalized spacial score (nSPS) is 34.8. The number of halogens is 1. The van der Waals surface area contributed by atoms with Crippen LogP contribution in [0.1, 0.15) is 51.0 Å². The second kappa shape index (κ2) is 6.85. The van der Waals surface area contributed by atoms with Crippen molar-refractivity contribution >= 4 is 23.4 Å². The number of benzene rings is 1. The Kier molecular flexibility index (Phi) is 4.48. The van der Waals surface area contributed by atoms with Gasteiger partial charge in [-0.3, -0.25) is 19.3 Å². The van der Waals surface area contributed by atoms with Crippen LogP contribution in [0.25, 0.3) is 0 Å². The highest BCUT2D eigenvalue weighted by molar-refractivity contribution is 6.14. The first-order valence-corrected chi connectivity index (χ1v) is 10.9. The Morgan fingerprint density at radius 1 is 1.17 bits per heavy atom. The number of carbonyl (C=O) groups excluding carboxylic acids is 3. The molecule has 3 fully saturated rings. The number of aliphatic hydroxyl groups excluding tert-OH is 1. The highest BCUT2D eigenvalue weighted by Crippen LogP contribution is 2.50. The maximum Gasteiger partial charge on any atom is 0.291 e. The number of imide groups is 1. The third kappa shape index (κ3) is 2.53. The molecule has 1 aromatic carbocycles. The fourth-order valence-corrected chi connectivity index (χ4v) is 6.20. The summed E-state index contributed by atoms with van der Waals surface area (Å²) in [5.41, 5.74) is -0.596. The van der Waals surface area contributed by atoms with Crippen molar-refractivity contribution in [2.24, 2.45) is 11.8 Å². The minimum absolute atomic E-state index is 0.166. The lowest BCUT2D eigenvalue weighted by Gasteiger charge is -2.30. The molecule has 1 saturated carbocycles. The van der Waals surface area contributed by atoms with Crippen LogP contribution in [0.4, 0.5) is 10.1 Å². The quantitative estimate of drug-likeness (QED) is 0.486. The van der Waals surface area contributed by atoms with Gasteiger partial charge >= 0.3 is 0 Å². The maximum atomic E-state index is 14.1. The Labute approximate surface area is 174 Å². The second-order valence-electron chi connectivity index (χ2n) is 9.19. The monoisotopic (exact) mass is 416 g/mol. The number of carbonyl (C=O) groups is 3. The third-order valence-corrected chi connectivity index (χ3v) is 7.54. The molecule has 2 saturated heterocycles. The second-order valence-corrected chi connectivity index (χ2v) is 9.19. The topological polar surface area (TPSA) is 103 Å². The number of nitrogens with two attached hydrogens (primary N) is 1. The van der Waals surface area contributed by atoms with Crippen molar-refractivity contribution in [3.8, 4) is 0 Å². The van der Waals surface area contributed by atoms with Gasteiger partial charge in [-0.1, -0.05) is 25.7 Å². The van der Waals surface area contributed by atoms with Gasteiger partial charge < -0.3 is 15.7 Å². The molecule has 1 aliphatic carbocycles. The average molecular weight is 416 g/mol. The van der Waals surface area contributed by atoms with E-state index in [9.17, 15) is 23.9 Å². The molecule has 1 spiro atoms. The smallest absolute Gasteiger partial charge is 0.291 e. The molecular weight excluding hydrogens is 389 g/mol. The summed E-state index contributed by atoms with van der Waals surface area (Å²) in [5.74, 6) is -3.34. The van der Waals surface area contributed by atoms with E-state index in [1.807, 2.05) is 0 Å². The van der Waals surface area contributed by atoms with Gasteiger partial charge in [-0.05, 0) is 38.0 Å². The van der Waals surface area contributed by atoms with Gasteiger partial charge in [0.1, 0.15) is 29.8 Å². The van der Waals surface area contributed by atoms with E-state index in [1.165, 1.54) is 23.1 Å². The van der Waals surface area contributed by atoms with Gasteiger partial charge in [0.05, 0.1) is 5.69 Å². The SMILES string of the molecule is C[C@H](O)[C@H]1[NH2+][C@]2(C(=O)Nc3ccc(F)cc32)[C@@H]2C(=O)N(C3CCCCCC3)C(=O)[C@H]12. The third-order valence-electron chi connectivity index (χ3n) is 7.54. The summed E-state index contributed by atoms with van der Waals surface area (Å²) < 4.78 is 14.1. The Balaban J connectivity index is 1.63. The van der Waals surface area contributed by atoms with E-state index in [0.717, 1.165) is 38.5 Å². The van der Waals surface area contributed by atoms with Crippen molar-refractivity contribution < 1.29 is 29.2 Å². The zero-order valence-corrected chi connectivity index (χ0v) is 16.9. The molecule has 3 amide bonds. The zero-order valence-electron chi connectivity index (χ0n) is 16.9. The highest BCUT2D eigenvalue weighted by Gasteiger charge is 2.75. The molecule has 5 rings (SSSR count). The number of aliphatic hydroxyl groups is 1. The molecule has 8 heteroatoms. The standard InChI is InChI=1S/C22H26FN3O4/c1-11(27)18-16-17(20(29)26(19(16)28)13-6-4-2-3-5-7-13)22(25-18)14-10-12(23)8-9-15(14)24-21(22)30/h8-11,13,16-18,25,27H,2-7H2,1H3,(H,24,30)/p+1/t11-,16-,17-,18+,22-/m0/s1. The van der Waals surface area contributed by atoms with Gasteiger partial charge in [-0.15, -0.1) is 0 Å². The molecule has 1 aromatic rings. The lowest BCUT2D eigenvalue weighted by Crippen LogP contribution is -3.00. The molecule has 30 heavy (non-hydrogen) atoms. The van der Waals surface area contributed by atoms with Crippen LogP contribution < -0.4 is 10.6 Å². The van der Waals surface area contributed by atoms with E-state index in [0.29, 0.717) is 11.3 Å². The van der Waals surface area contributed by atoms with E-state index in [4.69, 9.17) is 0 Å². The van der Waals surface area contributed by atoms with Crippen LogP contribution >= 0.6 is 0 Å². The van der Waals surface area contributed by atoms with Crippen molar-refractivity contribution in [1.82, 2.24) is 4.90 Å². The molecular formula is C22H27FN3O4+. The van der Waals surface area contributed by atoms with Crippen LogP contribution in [0.3, 0.4) is 0 Å². The Morgan fingerprint density at radius 2 is 1.87 bits per heavy atom. The predicted octanol–water partition coefficient (Wildman–Crippen LogP) is 0.623. The van der Waals surface area contributed by atoms with Crippen LogP contribution in [0.5, 0.6) is 0 Å². The number of hydrogen-bond acceptors (Lipinski definition) is 4. The minimum atomic E-state index is -1.43. The summed E-state index contributed by atoms with van der Waals surface area (Å²) in [5, 5.41) is 14.9. The molecule has 3 aliphatic heterocycles. The fourth-order valence-electron chi connectivity index (χ4n) is 6.20. The maximum absolute atomic E-state index is 14.1. The average Bonchev–Trinajstić information content (AvgIpc) is 3.18. The van der Waals surface area contributed by atoms with Gasteiger partial charge in [0.15, 0.2) is 0 Å². The molecule has 160 valence electrons. The van der Waals surface area contributed by atoms with E-state index in [2.05, 4.69) is 5.32 Å².